The lowest BCUT2D eigenvalue weighted by Gasteiger charge is -2.03. The number of amides is 1. The van der Waals surface area contributed by atoms with Crippen LogP contribution in [-0.4, -0.2) is 42.7 Å². The van der Waals surface area contributed by atoms with Gasteiger partial charge in [0.25, 0.3) is 0 Å². The maximum absolute atomic E-state index is 12.1. The molecule has 0 atom stereocenters. The van der Waals surface area contributed by atoms with Gasteiger partial charge in [-0.2, -0.15) is 0 Å². The summed E-state index contributed by atoms with van der Waals surface area (Å²) >= 11 is 1.24. The molecule has 25 heavy (non-hydrogen) atoms. The quantitative estimate of drug-likeness (QED) is 0.629. The first kappa shape index (κ1) is 16.8. The van der Waals surface area contributed by atoms with Crippen LogP contribution in [0.4, 0.5) is 0 Å². The zero-order chi connectivity index (χ0) is 17.8. The third-order valence-electron chi connectivity index (χ3n) is 3.47. The lowest BCUT2D eigenvalue weighted by atomic mass is 10.3. The fourth-order valence-corrected chi connectivity index (χ4v) is 3.01. The van der Waals surface area contributed by atoms with Gasteiger partial charge in [0.05, 0.1) is 11.6 Å². The van der Waals surface area contributed by atoms with E-state index in [2.05, 4.69) is 15.4 Å². The number of nitrogens with zero attached hydrogens (tertiary/aromatic N) is 4. The summed E-state index contributed by atoms with van der Waals surface area (Å²) in [6.07, 6.45) is 2.21. The summed E-state index contributed by atoms with van der Waals surface area (Å²) in [5.74, 6) is -1.27. The van der Waals surface area contributed by atoms with Crippen LogP contribution >= 0.6 is 11.3 Å². The SMILES string of the molecule is O=C(CCn1nc2ccccn2c1=O)NCCc1nc(C(=O)O)cs1. The van der Waals surface area contributed by atoms with Crippen LogP contribution in [0, 0.1) is 0 Å². The summed E-state index contributed by atoms with van der Waals surface area (Å²) in [6.45, 7) is 0.540. The van der Waals surface area contributed by atoms with Crippen LogP contribution in [-0.2, 0) is 17.8 Å². The van der Waals surface area contributed by atoms with E-state index >= 15 is 0 Å². The van der Waals surface area contributed by atoms with E-state index in [4.69, 9.17) is 5.11 Å². The number of hydrogen-bond acceptors (Lipinski definition) is 6. The van der Waals surface area contributed by atoms with E-state index in [9.17, 15) is 14.4 Å². The van der Waals surface area contributed by atoms with Crippen LogP contribution in [0.5, 0.6) is 0 Å². The molecule has 2 N–H and O–H groups in total. The van der Waals surface area contributed by atoms with E-state index in [1.807, 2.05) is 0 Å². The molecule has 0 fully saturated rings. The van der Waals surface area contributed by atoms with Gasteiger partial charge in [0.15, 0.2) is 11.3 Å². The number of nitrogens with one attached hydrogen (secondary N) is 1. The zero-order valence-electron chi connectivity index (χ0n) is 13.1. The largest absolute Gasteiger partial charge is 0.476 e. The third kappa shape index (κ3) is 3.91. The Balaban J connectivity index is 1.48. The number of pyridine rings is 1. The molecular weight excluding hydrogens is 346 g/mol. The van der Waals surface area contributed by atoms with Gasteiger partial charge in [0.1, 0.15) is 0 Å². The van der Waals surface area contributed by atoms with Gasteiger partial charge < -0.3 is 10.4 Å². The minimum absolute atomic E-state index is 0.0116. The second kappa shape index (κ2) is 7.26. The van der Waals surface area contributed by atoms with Crippen LogP contribution in [0.3, 0.4) is 0 Å². The van der Waals surface area contributed by atoms with Crippen molar-refractivity contribution in [1.29, 1.82) is 0 Å². The van der Waals surface area contributed by atoms with Crippen molar-refractivity contribution < 1.29 is 14.7 Å². The molecule has 3 aromatic heterocycles. The van der Waals surface area contributed by atoms with Crippen molar-refractivity contribution in [3.8, 4) is 0 Å². The lowest BCUT2D eigenvalue weighted by Crippen LogP contribution is -2.29. The van der Waals surface area contributed by atoms with Crippen molar-refractivity contribution in [1.82, 2.24) is 24.5 Å². The van der Waals surface area contributed by atoms with Gasteiger partial charge in [-0.25, -0.2) is 19.3 Å². The first-order chi connectivity index (χ1) is 12.0. The molecule has 0 aromatic carbocycles. The Morgan fingerprint density at radius 1 is 1.32 bits per heavy atom. The van der Waals surface area contributed by atoms with Crippen molar-refractivity contribution in [3.63, 3.8) is 0 Å². The minimum atomic E-state index is -1.07. The van der Waals surface area contributed by atoms with Crippen molar-refractivity contribution in [2.45, 2.75) is 19.4 Å². The number of thiazole rings is 1. The van der Waals surface area contributed by atoms with Gasteiger partial charge in [-0.15, -0.1) is 16.4 Å². The van der Waals surface area contributed by atoms with Crippen molar-refractivity contribution in [2.24, 2.45) is 0 Å². The monoisotopic (exact) mass is 361 g/mol. The summed E-state index contributed by atoms with van der Waals surface area (Å²) in [5.41, 5.74) is 0.260. The highest BCUT2D eigenvalue weighted by molar-refractivity contribution is 7.09. The zero-order valence-corrected chi connectivity index (χ0v) is 13.9. The Morgan fingerprint density at radius 2 is 2.16 bits per heavy atom. The number of carbonyl (C=O) groups is 2. The summed E-state index contributed by atoms with van der Waals surface area (Å²) in [7, 11) is 0. The average Bonchev–Trinajstić information content (AvgIpc) is 3.19. The number of hydrogen-bond donors (Lipinski definition) is 2. The van der Waals surface area contributed by atoms with Gasteiger partial charge >= 0.3 is 11.7 Å². The number of aromatic carboxylic acids is 1. The van der Waals surface area contributed by atoms with Gasteiger partial charge in [-0.05, 0) is 12.1 Å². The summed E-state index contributed by atoms with van der Waals surface area (Å²) in [6, 6.07) is 5.24. The Bertz CT molecular complexity index is 974. The smallest absolute Gasteiger partial charge is 0.355 e. The van der Waals surface area contributed by atoms with Gasteiger partial charge in [-0.1, -0.05) is 6.07 Å². The second-order valence-electron chi connectivity index (χ2n) is 5.22. The van der Waals surface area contributed by atoms with E-state index < -0.39 is 5.97 Å². The molecule has 3 rings (SSSR count). The predicted molar refractivity (Wildman–Crippen MR) is 89.9 cm³/mol. The van der Waals surface area contributed by atoms with Crippen LogP contribution in [0.25, 0.3) is 5.65 Å². The Kier molecular flexibility index (Phi) is 4.89. The molecule has 1 amide bonds. The number of carboxylic acid groups (broad SMARTS) is 1. The Labute approximate surface area is 145 Å². The molecule has 130 valence electrons. The van der Waals surface area contributed by atoms with E-state index in [0.717, 1.165) is 0 Å². The molecule has 3 aromatic rings. The van der Waals surface area contributed by atoms with Crippen molar-refractivity contribution in [2.75, 3.05) is 6.54 Å². The molecule has 10 heteroatoms. The highest BCUT2D eigenvalue weighted by Gasteiger charge is 2.10. The molecule has 9 nitrogen and oxygen atoms in total. The number of carboxylic acids is 1. The van der Waals surface area contributed by atoms with Gasteiger partial charge in [-0.3, -0.25) is 9.20 Å². The molecule has 0 saturated carbocycles. The molecule has 0 aliphatic carbocycles. The van der Waals surface area contributed by atoms with E-state index in [0.29, 0.717) is 23.6 Å². The van der Waals surface area contributed by atoms with Gasteiger partial charge in [0.2, 0.25) is 5.91 Å². The van der Waals surface area contributed by atoms with Crippen LogP contribution < -0.4 is 11.0 Å². The topological polar surface area (TPSA) is 119 Å². The fraction of sp³-hybridized carbons (Fsp3) is 0.267. The van der Waals surface area contributed by atoms with E-state index in [1.54, 1.807) is 24.4 Å². The highest BCUT2D eigenvalue weighted by atomic mass is 32.1. The number of aryl methyl sites for hydroxylation is 1. The number of rotatable bonds is 7. The van der Waals surface area contributed by atoms with Crippen LogP contribution in [0.1, 0.15) is 21.9 Å². The molecular formula is C15H15N5O4S. The Hall–Kier alpha value is -3.01. The molecule has 0 aliphatic heterocycles. The van der Waals surface area contributed by atoms with Gasteiger partial charge in [0, 0.05) is 31.0 Å². The van der Waals surface area contributed by atoms with E-state index in [-0.39, 0.29) is 30.3 Å². The molecule has 0 radical (unpaired) electrons. The standard InChI is InChI=1S/C15H15N5O4S/c21-12(16-6-4-13-17-10(9-25-13)14(22)23)5-8-20-15(24)19-7-2-1-3-11(19)18-20/h1-3,7,9H,4-6,8H2,(H,16,21)(H,22,23). The maximum atomic E-state index is 12.1. The molecule has 0 bridgehead atoms. The number of aromatic nitrogens is 4. The van der Waals surface area contributed by atoms with Crippen LogP contribution in [0.15, 0.2) is 34.6 Å². The van der Waals surface area contributed by atoms with Crippen molar-refractivity contribution >= 4 is 28.9 Å². The molecule has 0 saturated heterocycles. The lowest BCUT2D eigenvalue weighted by molar-refractivity contribution is -0.121. The normalized spacial score (nSPS) is 10.9. The van der Waals surface area contributed by atoms with Crippen molar-refractivity contribution in [3.05, 3.63) is 51.0 Å². The van der Waals surface area contributed by atoms with E-state index in [1.165, 1.54) is 25.8 Å². The fourth-order valence-electron chi connectivity index (χ4n) is 2.24. The second-order valence-corrected chi connectivity index (χ2v) is 6.16. The predicted octanol–water partition coefficient (Wildman–Crippen LogP) is 0.400. The average molecular weight is 361 g/mol. The Morgan fingerprint density at radius 3 is 2.88 bits per heavy atom. The molecule has 0 aliphatic rings. The first-order valence-electron chi connectivity index (χ1n) is 7.53. The highest BCUT2D eigenvalue weighted by Crippen LogP contribution is 2.09. The summed E-state index contributed by atoms with van der Waals surface area (Å²) in [4.78, 5) is 38.6. The summed E-state index contributed by atoms with van der Waals surface area (Å²) in [5, 5.41) is 17.8. The minimum Gasteiger partial charge on any atom is -0.476 e. The van der Waals surface area contributed by atoms with Crippen LogP contribution in [0.2, 0.25) is 0 Å². The number of fused-ring (bicyclic) bond motifs is 1. The molecule has 0 spiro atoms. The third-order valence-corrected chi connectivity index (χ3v) is 4.38. The molecule has 3 heterocycles. The maximum Gasteiger partial charge on any atom is 0.355 e. The number of carbonyl (C=O) groups excluding carboxylic acids is 1. The molecule has 0 unspecified atom stereocenters. The first-order valence-corrected chi connectivity index (χ1v) is 8.41. The summed E-state index contributed by atoms with van der Waals surface area (Å²) < 4.78 is 2.68.